The minimum absolute atomic E-state index is 0.0907. The van der Waals surface area contributed by atoms with E-state index in [2.05, 4.69) is 33.9 Å². The normalized spacial score (nSPS) is 29.7. The average molecular weight is 556 g/mol. The summed E-state index contributed by atoms with van der Waals surface area (Å²) in [6.45, 7) is 4.55. The number of cyclic esters (lactones) is 1. The molecule has 0 bridgehead atoms. The van der Waals surface area contributed by atoms with Gasteiger partial charge in [-0.25, -0.2) is 0 Å². The molecule has 0 N–H and O–H groups in total. The molecule has 1 aliphatic carbocycles. The molecular weight excluding hydrogens is 521 g/mol. The predicted molar refractivity (Wildman–Crippen MR) is 132 cm³/mol. The Kier molecular flexibility index (Phi) is 6.66. The standard InChI is InChI=1S/C24H26NO4.3CH3.Sn/c1-3-4-15-28-24(2)19(16-20(24)26)25-21(17-11-7-5-8-12-17)22(29-23(25)27)18-13-9-6-10-14-18;;;;/h5-14,21-22H,3-4,15-16H2,1-2H3;3*1H3;/t21-,22+,24?;;;;/m0..../s1. The number of Topliss-reactive ketones (excluding diaryl/α,β-unsaturated/α-hetero) is 1. The average Bonchev–Trinajstić information content (AvgIpc) is 3.14. The summed E-state index contributed by atoms with van der Waals surface area (Å²) >= 11 is -3.10. The van der Waals surface area contributed by atoms with Crippen molar-refractivity contribution in [3.63, 3.8) is 0 Å². The van der Waals surface area contributed by atoms with E-state index in [1.54, 1.807) is 0 Å². The number of hydrogen-bond acceptors (Lipinski definition) is 4. The van der Waals surface area contributed by atoms with Gasteiger partial charge in [0.05, 0.1) is 0 Å². The van der Waals surface area contributed by atoms with Gasteiger partial charge in [-0.1, -0.05) is 0 Å². The van der Waals surface area contributed by atoms with Crippen LogP contribution < -0.4 is 0 Å². The fraction of sp³-hybridized carbons (Fsp3) is 0.481. The summed E-state index contributed by atoms with van der Waals surface area (Å²) in [5.41, 5.74) is 0.969. The zero-order valence-electron chi connectivity index (χ0n) is 20.3. The Bertz CT molecular complexity index is 1010. The van der Waals surface area contributed by atoms with E-state index in [1.807, 2.05) is 60.4 Å². The third kappa shape index (κ3) is 3.81. The maximum absolute atomic E-state index is 13.7. The van der Waals surface area contributed by atoms with Crippen LogP contribution >= 0.6 is 0 Å². The monoisotopic (exact) mass is 557 g/mol. The van der Waals surface area contributed by atoms with Gasteiger partial charge in [0.15, 0.2) is 0 Å². The fourth-order valence-electron chi connectivity index (χ4n) is 5.71. The molecule has 1 aliphatic heterocycles. The summed E-state index contributed by atoms with van der Waals surface area (Å²) < 4.78 is 11.9. The van der Waals surface area contributed by atoms with Crippen molar-refractivity contribution >= 4 is 30.3 Å². The molecule has 2 aromatic carbocycles. The molecule has 0 aromatic heterocycles. The number of hydrogen-bond donors (Lipinski definition) is 0. The van der Waals surface area contributed by atoms with Crippen molar-refractivity contribution in [2.45, 2.75) is 69.2 Å². The van der Waals surface area contributed by atoms with Gasteiger partial charge >= 0.3 is 202 Å². The molecule has 6 heteroatoms. The number of benzene rings is 2. The van der Waals surface area contributed by atoms with E-state index >= 15 is 0 Å². The van der Waals surface area contributed by atoms with E-state index in [0.717, 1.165) is 24.0 Å². The van der Waals surface area contributed by atoms with E-state index in [9.17, 15) is 9.59 Å². The Morgan fingerprint density at radius 2 is 1.58 bits per heavy atom. The second kappa shape index (κ2) is 9.06. The van der Waals surface area contributed by atoms with Crippen LogP contribution in [0, 0.1) is 0 Å². The second-order valence-electron chi connectivity index (χ2n) is 10.4. The first-order valence-electron chi connectivity index (χ1n) is 11.9. The van der Waals surface area contributed by atoms with Crippen LogP contribution in [0.3, 0.4) is 0 Å². The quantitative estimate of drug-likeness (QED) is 0.292. The number of ketones is 1. The number of carbonyl (C=O) groups excluding carboxylic acids is 2. The molecule has 2 aromatic rings. The maximum atomic E-state index is 13.7. The molecule has 176 valence electrons. The Morgan fingerprint density at radius 3 is 2.09 bits per heavy atom. The van der Waals surface area contributed by atoms with Gasteiger partial charge < -0.3 is 0 Å². The number of ether oxygens (including phenoxy) is 2. The number of amides is 1. The Balaban J connectivity index is 1.87. The topological polar surface area (TPSA) is 55.8 Å². The van der Waals surface area contributed by atoms with E-state index in [4.69, 9.17) is 9.47 Å². The molecule has 0 radical (unpaired) electrons. The van der Waals surface area contributed by atoms with Gasteiger partial charge in [-0.2, -0.15) is 0 Å². The molecule has 2 unspecified atom stereocenters. The van der Waals surface area contributed by atoms with E-state index in [1.165, 1.54) is 0 Å². The molecule has 2 aliphatic rings. The first-order chi connectivity index (χ1) is 15.7. The number of nitrogens with zero attached hydrogens (tertiary/aromatic N) is 1. The number of rotatable bonds is 8. The first kappa shape index (κ1) is 24.3. The van der Waals surface area contributed by atoms with Crippen molar-refractivity contribution in [2.24, 2.45) is 0 Å². The Labute approximate surface area is 201 Å². The van der Waals surface area contributed by atoms with Crippen LogP contribution in [0.5, 0.6) is 0 Å². The molecule has 1 amide bonds. The van der Waals surface area contributed by atoms with Crippen molar-refractivity contribution in [3.8, 4) is 0 Å². The van der Waals surface area contributed by atoms with Crippen LogP contribution in [0.15, 0.2) is 60.7 Å². The summed E-state index contributed by atoms with van der Waals surface area (Å²) in [6.07, 6.45) is 1.43. The number of carbonyl (C=O) groups is 2. The zero-order chi connectivity index (χ0) is 23.9. The third-order valence-electron chi connectivity index (χ3n) is 7.54. The predicted octanol–water partition coefficient (Wildman–Crippen LogP) is 6.09. The minimum atomic E-state index is -3.10. The van der Waals surface area contributed by atoms with Crippen LogP contribution in [0.25, 0.3) is 0 Å². The van der Waals surface area contributed by atoms with Crippen molar-refractivity contribution in [1.29, 1.82) is 0 Å². The van der Waals surface area contributed by atoms with Gasteiger partial charge in [-0.05, 0) is 0 Å². The van der Waals surface area contributed by atoms with Crippen LogP contribution in [0.1, 0.15) is 56.4 Å². The van der Waals surface area contributed by atoms with Crippen molar-refractivity contribution in [2.75, 3.05) is 6.61 Å². The Hall–Kier alpha value is -1.86. The van der Waals surface area contributed by atoms with E-state index in [0.29, 0.717) is 13.0 Å². The molecular formula is C27H35NO4Sn. The summed E-state index contributed by atoms with van der Waals surface area (Å²) in [4.78, 5) is 35.8. The SMILES string of the molecule is CCCCOC1(C)C(=O)C[C]1(N1C(=O)O[C@H](c2ccccc2)[C@@H]1c1ccccc1)[Sn]([CH3])([CH3])[CH3]. The number of unbranched alkanes of at least 4 members (excludes halogenated alkanes) is 1. The van der Waals surface area contributed by atoms with E-state index < -0.39 is 33.6 Å². The Morgan fingerprint density at radius 1 is 1.00 bits per heavy atom. The van der Waals surface area contributed by atoms with Gasteiger partial charge in [0.25, 0.3) is 0 Å². The molecule has 1 saturated heterocycles. The van der Waals surface area contributed by atoms with Crippen molar-refractivity contribution < 1.29 is 19.1 Å². The molecule has 2 fully saturated rings. The van der Waals surface area contributed by atoms with Crippen LogP contribution in [0.2, 0.25) is 14.8 Å². The second-order valence-corrected chi connectivity index (χ2v) is 25.6. The van der Waals surface area contributed by atoms with Crippen molar-refractivity contribution in [1.82, 2.24) is 4.90 Å². The molecule has 1 saturated carbocycles. The zero-order valence-corrected chi connectivity index (χ0v) is 23.2. The molecule has 0 spiro atoms. The molecule has 5 nitrogen and oxygen atoms in total. The fourth-order valence-corrected chi connectivity index (χ4v) is 15.1. The van der Waals surface area contributed by atoms with Gasteiger partial charge in [0.2, 0.25) is 0 Å². The van der Waals surface area contributed by atoms with E-state index in [-0.39, 0.29) is 17.9 Å². The molecule has 4 atom stereocenters. The summed E-state index contributed by atoms with van der Waals surface area (Å²) in [5.74, 6) is 0.0907. The first-order valence-corrected chi connectivity index (χ1v) is 21.9. The van der Waals surface area contributed by atoms with Crippen molar-refractivity contribution in [3.05, 3.63) is 71.8 Å². The van der Waals surface area contributed by atoms with Crippen LogP contribution in [0.4, 0.5) is 4.79 Å². The molecule has 1 heterocycles. The van der Waals surface area contributed by atoms with Crippen LogP contribution in [-0.4, -0.2) is 50.9 Å². The summed E-state index contributed by atoms with van der Waals surface area (Å²) in [7, 11) is 0. The summed E-state index contributed by atoms with van der Waals surface area (Å²) in [5, 5.41) is 0. The van der Waals surface area contributed by atoms with Gasteiger partial charge in [-0.15, -0.1) is 0 Å². The summed E-state index contributed by atoms with van der Waals surface area (Å²) in [6, 6.07) is 19.7. The van der Waals surface area contributed by atoms with Gasteiger partial charge in [0.1, 0.15) is 0 Å². The molecule has 4 rings (SSSR count). The van der Waals surface area contributed by atoms with Gasteiger partial charge in [-0.3, -0.25) is 0 Å². The van der Waals surface area contributed by atoms with Gasteiger partial charge in [0, 0.05) is 0 Å². The van der Waals surface area contributed by atoms with Crippen LogP contribution in [-0.2, 0) is 14.3 Å². The molecule has 33 heavy (non-hydrogen) atoms. The third-order valence-corrected chi connectivity index (χ3v) is 17.2.